The third kappa shape index (κ3) is 3.23. The first-order valence-corrected chi connectivity index (χ1v) is 8.85. The molecule has 24 heavy (non-hydrogen) atoms. The Morgan fingerprint density at radius 1 is 1.29 bits per heavy atom. The van der Waals surface area contributed by atoms with E-state index in [9.17, 15) is 0 Å². The molecule has 2 aliphatic rings. The van der Waals surface area contributed by atoms with Gasteiger partial charge in [0, 0.05) is 43.1 Å². The predicted molar refractivity (Wildman–Crippen MR) is 92.5 cm³/mol. The monoisotopic (exact) mass is 347 g/mol. The molecule has 1 fully saturated rings. The fourth-order valence-electron chi connectivity index (χ4n) is 3.64. The van der Waals surface area contributed by atoms with Crippen molar-refractivity contribution >= 4 is 11.6 Å². The van der Waals surface area contributed by atoms with Gasteiger partial charge in [-0.2, -0.15) is 0 Å². The lowest BCUT2D eigenvalue weighted by Gasteiger charge is -2.33. The summed E-state index contributed by atoms with van der Waals surface area (Å²) in [5, 5.41) is 0.756. The summed E-state index contributed by atoms with van der Waals surface area (Å²) in [5.41, 5.74) is 1.11. The highest BCUT2D eigenvalue weighted by Gasteiger charge is 2.23. The Morgan fingerprint density at radius 3 is 2.92 bits per heavy atom. The van der Waals surface area contributed by atoms with Crippen LogP contribution in [0.5, 0.6) is 11.5 Å². The molecule has 0 radical (unpaired) electrons. The van der Waals surface area contributed by atoms with Gasteiger partial charge in [0.1, 0.15) is 5.82 Å². The van der Waals surface area contributed by atoms with E-state index in [1.807, 2.05) is 18.3 Å². The van der Waals surface area contributed by atoms with E-state index in [1.54, 1.807) is 0 Å². The van der Waals surface area contributed by atoms with Crippen LogP contribution >= 0.6 is 11.6 Å². The molecule has 1 atom stereocenters. The van der Waals surface area contributed by atoms with Gasteiger partial charge in [0.25, 0.3) is 0 Å². The smallest absolute Gasteiger partial charge is 0.231 e. The SMILES string of the molecule is Cc1nccn1CC1CCCN(Cc2cc3c(cc2Cl)OCO3)C1. The van der Waals surface area contributed by atoms with Crippen molar-refractivity contribution < 1.29 is 9.47 Å². The molecule has 0 aliphatic carbocycles. The number of aryl methyl sites for hydroxylation is 1. The van der Waals surface area contributed by atoms with Crippen LogP contribution in [0.3, 0.4) is 0 Å². The van der Waals surface area contributed by atoms with Gasteiger partial charge in [-0.15, -0.1) is 0 Å². The predicted octanol–water partition coefficient (Wildman–Crippen LogP) is 3.49. The van der Waals surface area contributed by atoms with E-state index in [4.69, 9.17) is 21.1 Å². The topological polar surface area (TPSA) is 39.5 Å². The summed E-state index contributed by atoms with van der Waals surface area (Å²) >= 11 is 6.42. The molecule has 1 aromatic carbocycles. The lowest BCUT2D eigenvalue weighted by atomic mass is 9.97. The minimum absolute atomic E-state index is 0.283. The zero-order chi connectivity index (χ0) is 16.5. The second kappa shape index (κ2) is 6.65. The van der Waals surface area contributed by atoms with Gasteiger partial charge in [0.15, 0.2) is 11.5 Å². The molecule has 6 heteroatoms. The molecule has 0 bridgehead atoms. The number of aromatic nitrogens is 2. The highest BCUT2D eigenvalue weighted by Crippen LogP contribution is 2.37. The number of fused-ring (bicyclic) bond motifs is 1. The summed E-state index contributed by atoms with van der Waals surface area (Å²) in [7, 11) is 0. The number of nitrogens with zero attached hydrogens (tertiary/aromatic N) is 3. The second-order valence-corrected chi connectivity index (χ2v) is 7.07. The fourth-order valence-corrected chi connectivity index (χ4v) is 3.85. The van der Waals surface area contributed by atoms with Crippen molar-refractivity contribution in [1.82, 2.24) is 14.5 Å². The zero-order valence-electron chi connectivity index (χ0n) is 13.9. The summed E-state index contributed by atoms with van der Waals surface area (Å²) < 4.78 is 13.1. The summed E-state index contributed by atoms with van der Waals surface area (Å²) in [4.78, 5) is 6.81. The molecule has 128 valence electrons. The van der Waals surface area contributed by atoms with Crippen LogP contribution in [0.1, 0.15) is 24.2 Å². The van der Waals surface area contributed by atoms with Gasteiger partial charge in [0.05, 0.1) is 0 Å². The van der Waals surface area contributed by atoms with Gasteiger partial charge in [0.2, 0.25) is 6.79 Å². The molecule has 5 nitrogen and oxygen atoms in total. The van der Waals surface area contributed by atoms with E-state index in [2.05, 4.69) is 27.6 Å². The van der Waals surface area contributed by atoms with E-state index in [0.717, 1.165) is 54.1 Å². The Kier molecular flexibility index (Phi) is 4.37. The van der Waals surface area contributed by atoms with E-state index < -0.39 is 0 Å². The molecule has 0 N–H and O–H groups in total. The highest BCUT2D eigenvalue weighted by atomic mass is 35.5. The first-order chi connectivity index (χ1) is 11.7. The quantitative estimate of drug-likeness (QED) is 0.848. The van der Waals surface area contributed by atoms with Crippen molar-refractivity contribution in [2.24, 2.45) is 5.92 Å². The Labute approximate surface area is 147 Å². The summed E-state index contributed by atoms with van der Waals surface area (Å²) in [5.74, 6) is 3.29. The average molecular weight is 348 g/mol. The van der Waals surface area contributed by atoms with Crippen LogP contribution in [0.15, 0.2) is 24.5 Å². The van der Waals surface area contributed by atoms with Crippen molar-refractivity contribution in [3.63, 3.8) is 0 Å². The van der Waals surface area contributed by atoms with Crippen molar-refractivity contribution in [3.8, 4) is 11.5 Å². The largest absolute Gasteiger partial charge is 0.454 e. The van der Waals surface area contributed by atoms with Crippen LogP contribution in [0.4, 0.5) is 0 Å². The maximum absolute atomic E-state index is 6.42. The molecular weight excluding hydrogens is 326 g/mol. The van der Waals surface area contributed by atoms with Crippen LogP contribution in [-0.4, -0.2) is 34.3 Å². The van der Waals surface area contributed by atoms with Crippen LogP contribution < -0.4 is 9.47 Å². The van der Waals surface area contributed by atoms with Gasteiger partial charge in [-0.1, -0.05) is 11.6 Å². The number of hydrogen-bond acceptors (Lipinski definition) is 4. The average Bonchev–Trinajstić information content (AvgIpc) is 3.17. The van der Waals surface area contributed by atoms with Crippen molar-refractivity contribution in [1.29, 1.82) is 0 Å². The van der Waals surface area contributed by atoms with Crippen molar-refractivity contribution in [2.45, 2.75) is 32.9 Å². The van der Waals surface area contributed by atoms with Crippen molar-refractivity contribution in [2.75, 3.05) is 19.9 Å². The van der Waals surface area contributed by atoms with Gasteiger partial charge in [-0.25, -0.2) is 4.98 Å². The number of likely N-dealkylation sites (tertiary alicyclic amines) is 1. The van der Waals surface area contributed by atoms with E-state index in [1.165, 1.54) is 12.8 Å². The highest BCUT2D eigenvalue weighted by molar-refractivity contribution is 6.31. The number of benzene rings is 1. The first-order valence-electron chi connectivity index (χ1n) is 8.47. The molecule has 1 aromatic heterocycles. The molecule has 1 unspecified atom stereocenters. The summed E-state index contributed by atoms with van der Waals surface area (Å²) in [6.07, 6.45) is 6.44. The van der Waals surface area contributed by atoms with Crippen LogP contribution in [0.2, 0.25) is 5.02 Å². The standard InChI is InChI=1S/C18H22ClN3O2/c1-13-20-4-6-22(13)10-14-3-2-5-21(9-14)11-15-7-17-18(8-16(15)19)24-12-23-17/h4,6-8,14H,2-3,5,9-12H2,1H3. The zero-order valence-corrected chi connectivity index (χ0v) is 14.6. The van der Waals surface area contributed by atoms with Crippen LogP contribution in [0.25, 0.3) is 0 Å². The Hall–Kier alpha value is -1.72. The molecule has 2 aromatic rings. The first kappa shape index (κ1) is 15.8. The summed E-state index contributed by atoms with van der Waals surface area (Å²) in [6.45, 7) is 6.44. The lowest BCUT2D eigenvalue weighted by Crippen LogP contribution is -2.36. The Bertz CT molecular complexity index is 731. The maximum atomic E-state index is 6.42. The Morgan fingerprint density at radius 2 is 2.12 bits per heavy atom. The van der Waals surface area contributed by atoms with E-state index in [-0.39, 0.29) is 6.79 Å². The third-order valence-electron chi connectivity index (χ3n) is 4.92. The molecule has 2 aliphatic heterocycles. The number of piperidine rings is 1. The van der Waals surface area contributed by atoms with Gasteiger partial charge < -0.3 is 14.0 Å². The third-order valence-corrected chi connectivity index (χ3v) is 5.27. The van der Waals surface area contributed by atoms with Gasteiger partial charge in [-0.3, -0.25) is 4.90 Å². The second-order valence-electron chi connectivity index (χ2n) is 6.67. The van der Waals surface area contributed by atoms with E-state index in [0.29, 0.717) is 5.92 Å². The molecule has 4 rings (SSSR count). The number of hydrogen-bond donors (Lipinski definition) is 0. The minimum atomic E-state index is 0.283. The lowest BCUT2D eigenvalue weighted by molar-refractivity contribution is 0.155. The number of imidazole rings is 1. The van der Waals surface area contributed by atoms with Crippen LogP contribution in [0, 0.1) is 12.8 Å². The van der Waals surface area contributed by atoms with Gasteiger partial charge in [-0.05, 0) is 43.9 Å². The molecule has 3 heterocycles. The molecule has 0 spiro atoms. The normalized spacial score (nSPS) is 20.5. The summed E-state index contributed by atoms with van der Waals surface area (Å²) in [6, 6.07) is 3.89. The minimum Gasteiger partial charge on any atom is -0.454 e. The Balaban J connectivity index is 1.42. The fraction of sp³-hybridized carbons (Fsp3) is 0.500. The number of rotatable bonds is 4. The number of ether oxygens (including phenoxy) is 2. The van der Waals surface area contributed by atoms with Crippen LogP contribution in [-0.2, 0) is 13.1 Å². The van der Waals surface area contributed by atoms with Crippen molar-refractivity contribution in [3.05, 3.63) is 40.9 Å². The molecular formula is C18H22ClN3O2. The molecule has 0 amide bonds. The van der Waals surface area contributed by atoms with E-state index >= 15 is 0 Å². The maximum Gasteiger partial charge on any atom is 0.231 e. The number of halogens is 1. The molecule has 0 saturated carbocycles. The molecule has 1 saturated heterocycles. The van der Waals surface area contributed by atoms with Gasteiger partial charge >= 0.3 is 0 Å².